The van der Waals surface area contributed by atoms with Gasteiger partial charge in [-0.2, -0.15) is 0 Å². The van der Waals surface area contributed by atoms with E-state index in [0.29, 0.717) is 11.4 Å². The summed E-state index contributed by atoms with van der Waals surface area (Å²) in [6.45, 7) is 0. The molecule has 0 aliphatic rings. The number of rotatable bonds is 4. The Balaban J connectivity index is 1.37. The Labute approximate surface area is 166 Å². The molecule has 0 saturated carbocycles. The molecule has 0 aliphatic carbocycles. The van der Waals surface area contributed by atoms with Crippen molar-refractivity contribution in [2.75, 3.05) is 12.4 Å². The van der Waals surface area contributed by atoms with Crippen molar-refractivity contribution in [3.63, 3.8) is 0 Å². The first-order chi connectivity index (χ1) is 14.2. The van der Waals surface area contributed by atoms with E-state index in [1.54, 1.807) is 19.6 Å². The van der Waals surface area contributed by atoms with Crippen molar-refractivity contribution in [3.05, 3.63) is 78.9 Å². The second-order valence-corrected chi connectivity index (χ2v) is 6.60. The number of pyridine rings is 1. The molecule has 142 valence electrons. The van der Waals surface area contributed by atoms with E-state index in [1.807, 2.05) is 65.2 Å². The zero-order valence-electron chi connectivity index (χ0n) is 15.6. The molecule has 0 saturated heterocycles. The molecule has 7 nitrogen and oxygen atoms in total. The number of carbonyl (C=O) groups is 1. The van der Waals surface area contributed by atoms with E-state index in [-0.39, 0.29) is 5.91 Å². The maximum absolute atomic E-state index is 12.6. The average Bonchev–Trinajstić information content (AvgIpc) is 3.38. The highest BCUT2D eigenvalue weighted by atomic mass is 16.5. The van der Waals surface area contributed by atoms with Crippen LogP contribution in [0.4, 0.5) is 5.69 Å². The quantitative estimate of drug-likeness (QED) is 0.488. The number of carbonyl (C=O) groups excluding carboxylic acids is 1. The molecule has 2 aromatic carbocycles. The maximum atomic E-state index is 12.6. The lowest BCUT2D eigenvalue weighted by atomic mass is 10.2. The summed E-state index contributed by atoms with van der Waals surface area (Å²) in [7, 11) is 1.61. The highest BCUT2D eigenvalue weighted by Gasteiger charge is 2.11. The van der Waals surface area contributed by atoms with Gasteiger partial charge in [0.15, 0.2) is 0 Å². The minimum absolute atomic E-state index is 0.234. The van der Waals surface area contributed by atoms with Crippen LogP contribution in [-0.2, 0) is 0 Å². The maximum Gasteiger partial charge on any atom is 0.272 e. The van der Waals surface area contributed by atoms with E-state index in [2.05, 4.69) is 20.3 Å². The number of aromatic amines is 1. The minimum atomic E-state index is -0.234. The van der Waals surface area contributed by atoms with Gasteiger partial charge in [0.25, 0.3) is 5.91 Å². The van der Waals surface area contributed by atoms with Gasteiger partial charge in [0.1, 0.15) is 23.6 Å². The number of benzene rings is 2. The number of aromatic nitrogens is 4. The first-order valence-corrected chi connectivity index (χ1v) is 9.08. The lowest BCUT2D eigenvalue weighted by molar-refractivity contribution is 0.102. The lowest BCUT2D eigenvalue weighted by Gasteiger charge is -2.06. The summed E-state index contributed by atoms with van der Waals surface area (Å²) < 4.78 is 7.13. The minimum Gasteiger partial charge on any atom is -0.497 e. The van der Waals surface area contributed by atoms with E-state index >= 15 is 0 Å². The van der Waals surface area contributed by atoms with E-state index in [9.17, 15) is 4.79 Å². The van der Waals surface area contributed by atoms with Crippen molar-refractivity contribution >= 4 is 33.5 Å². The van der Waals surface area contributed by atoms with Crippen LogP contribution < -0.4 is 10.1 Å². The van der Waals surface area contributed by atoms with Crippen molar-refractivity contribution in [1.82, 2.24) is 19.5 Å². The normalized spacial score (nSPS) is 11.1. The number of methoxy groups -OCH3 is 1. The Morgan fingerprint density at radius 2 is 1.97 bits per heavy atom. The van der Waals surface area contributed by atoms with E-state index in [4.69, 9.17) is 4.74 Å². The summed E-state index contributed by atoms with van der Waals surface area (Å²) >= 11 is 0. The van der Waals surface area contributed by atoms with Crippen molar-refractivity contribution < 1.29 is 9.53 Å². The predicted molar refractivity (Wildman–Crippen MR) is 112 cm³/mol. The fourth-order valence-corrected chi connectivity index (χ4v) is 3.30. The predicted octanol–water partition coefficient (Wildman–Crippen LogP) is 4.16. The zero-order chi connectivity index (χ0) is 19.8. The molecule has 0 fully saturated rings. The van der Waals surface area contributed by atoms with Gasteiger partial charge in [-0.05, 0) is 42.5 Å². The molecule has 5 aromatic rings. The standard InChI is InChI=1S/C22H17N5O2/c1-29-16-8-6-14-10-19(26-18(14)11-16)22(28)25-15-7-9-21(23-12-15)27-13-24-17-4-2-3-5-20(17)27/h2-13,26H,1H3,(H,25,28). The third kappa shape index (κ3) is 3.08. The molecule has 5 rings (SSSR count). The summed E-state index contributed by atoms with van der Waals surface area (Å²) in [6.07, 6.45) is 3.37. The number of anilines is 1. The van der Waals surface area contributed by atoms with Crippen molar-refractivity contribution in [2.45, 2.75) is 0 Å². The second-order valence-electron chi connectivity index (χ2n) is 6.60. The first-order valence-electron chi connectivity index (χ1n) is 9.08. The Morgan fingerprint density at radius 1 is 1.07 bits per heavy atom. The number of H-pyrrole nitrogens is 1. The highest BCUT2D eigenvalue weighted by Crippen LogP contribution is 2.22. The van der Waals surface area contributed by atoms with Crippen LogP contribution in [0.3, 0.4) is 0 Å². The fourth-order valence-electron chi connectivity index (χ4n) is 3.30. The summed E-state index contributed by atoms with van der Waals surface area (Å²) in [6, 6.07) is 19.0. The molecule has 0 aliphatic heterocycles. The van der Waals surface area contributed by atoms with Gasteiger partial charge in [-0.25, -0.2) is 9.97 Å². The zero-order valence-corrected chi connectivity index (χ0v) is 15.6. The van der Waals surface area contributed by atoms with E-state index in [0.717, 1.165) is 33.5 Å². The van der Waals surface area contributed by atoms with Gasteiger partial charge in [-0.1, -0.05) is 12.1 Å². The van der Waals surface area contributed by atoms with Crippen LogP contribution in [0.5, 0.6) is 5.75 Å². The molecule has 7 heteroatoms. The molecule has 2 N–H and O–H groups in total. The first kappa shape index (κ1) is 17.0. The monoisotopic (exact) mass is 383 g/mol. The molecule has 0 radical (unpaired) electrons. The average molecular weight is 383 g/mol. The molecule has 3 heterocycles. The molecule has 0 unspecified atom stereocenters. The van der Waals surface area contributed by atoms with Gasteiger partial charge in [0.2, 0.25) is 0 Å². The molecular formula is C22H17N5O2. The summed E-state index contributed by atoms with van der Waals surface area (Å²) in [5.41, 5.74) is 3.81. The third-order valence-corrected chi connectivity index (χ3v) is 4.78. The van der Waals surface area contributed by atoms with Crippen LogP contribution in [0.2, 0.25) is 0 Å². The largest absolute Gasteiger partial charge is 0.497 e. The van der Waals surface area contributed by atoms with Crippen LogP contribution in [0.15, 0.2) is 73.2 Å². The van der Waals surface area contributed by atoms with Crippen LogP contribution in [0.25, 0.3) is 27.8 Å². The highest BCUT2D eigenvalue weighted by molar-refractivity contribution is 6.06. The summed E-state index contributed by atoms with van der Waals surface area (Å²) in [4.78, 5) is 24.6. The molecule has 1 amide bonds. The van der Waals surface area contributed by atoms with Crippen LogP contribution in [-0.4, -0.2) is 32.5 Å². The lowest BCUT2D eigenvalue weighted by Crippen LogP contribution is -2.12. The summed E-state index contributed by atoms with van der Waals surface area (Å²) in [5, 5.41) is 3.81. The number of ether oxygens (including phenoxy) is 1. The topological polar surface area (TPSA) is 84.8 Å². The number of hydrogen-bond acceptors (Lipinski definition) is 4. The van der Waals surface area contributed by atoms with Crippen LogP contribution in [0, 0.1) is 0 Å². The Morgan fingerprint density at radius 3 is 2.79 bits per heavy atom. The van der Waals surface area contributed by atoms with Crippen LogP contribution in [0.1, 0.15) is 10.5 Å². The Hall–Kier alpha value is -4.13. The number of hydrogen-bond donors (Lipinski definition) is 2. The van der Waals surface area contributed by atoms with Gasteiger partial charge in [0.05, 0.1) is 30.0 Å². The number of amides is 1. The molecule has 0 bridgehead atoms. The fraction of sp³-hybridized carbons (Fsp3) is 0.0455. The molecule has 3 aromatic heterocycles. The Bertz CT molecular complexity index is 1330. The number of para-hydroxylation sites is 2. The van der Waals surface area contributed by atoms with E-state index in [1.165, 1.54) is 0 Å². The van der Waals surface area contributed by atoms with Crippen molar-refractivity contribution in [1.29, 1.82) is 0 Å². The SMILES string of the molecule is COc1ccc2cc(C(=O)Nc3ccc(-n4cnc5ccccc54)nc3)[nH]c2c1. The Kier molecular flexibility index (Phi) is 3.98. The number of nitrogens with zero attached hydrogens (tertiary/aromatic N) is 3. The summed E-state index contributed by atoms with van der Waals surface area (Å²) in [5.74, 6) is 1.23. The van der Waals surface area contributed by atoms with Gasteiger partial charge < -0.3 is 15.0 Å². The molecule has 29 heavy (non-hydrogen) atoms. The smallest absolute Gasteiger partial charge is 0.272 e. The number of imidazole rings is 1. The molecule has 0 atom stereocenters. The third-order valence-electron chi connectivity index (χ3n) is 4.78. The van der Waals surface area contributed by atoms with Crippen molar-refractivity contribution in [2.24, 2.45) is 0 Å². The van der Waals surface area contributed by atoms with Crippen LogP contribution >= 0.6 is 0 Å². The van der Waals surface area contributed by atoms with Gasteiger partial charge >= 0.3 is 0 Å². The van der Waals surface area contributed by atoms with Gasteiger partial charge in [0, 0.05) is 17.0 Å². The number of nitrogens with one attached hydrogen (secondary N) is 2. The number of fused-ring (bicyclic) bond motifs is 2. The van der Waals surface area contributed by atoms with Gasteiger partial charge in [-0.15, -0.1) is 0 Å². The molecule has 0 spiro atoms. The van der Waals surface area contributed by atoms with Gasteiger partial charge in [-0.3, -0.25) is 9.36 Å². The van der Waals surface area contributed by atoms with E-state index < -0.39 is 0 Å². The second kappa shape index (κ2) is 6.79. The van der Waals surface area contributed by atoms with Crippen molar-refractivity contribution in [3.8, 4) is 11.6 Å². The molecular weight excluding hydrogens is 366 g/mol.